The molecule has 1 N–H and O–H groups in total. The van der Waals surface area contributed by atoms with Gasteiger partial charge in [-0.25, -0.2) is 0 Å². The number of amides is 2. The van der Waals surface area contributed by atoms with E-state index in [2.05, 4.69) is 35.1 Å². The molecule has 0 bridgehead atoms. The predicted octanol–water partition coefficient (Wildman–Crippen LogP) is 4.60. The second kappa shape index (κ2) is 8.34. The number of carbonyl (C=O) groups excluding carboxylic acids is 2. The molecule has 4 rings (SSSR count). The molecule has 5 nitrogen and oxygen atoms in total. The van der Waals surface area contributed by atoms with Crippen LogP contribution in [0.25, 0.3) is 10.9 Å². The molecular formula is C25H29N3O2. The number of hydrogen-bond donors (Lipinski definition) is 1. The Morgan fingerprint density at radius 1 is 1.10 bits per heavy atom. The molecule has 2 amide bonds. The van der Waals surface area contributed by atoms with E-state index in [0.717, 1.165) is 34.3 Å². The van der Waals surface area contributed by atoms with Gasteiger partial charge >= 0.3 is 0 Å². The number of aromatic nitrogens is 1. The van der Waals surface area contributed by atoms with E-state index in [0.29, 0.717) is 19.4 Å². The molecule has 0 spiro atoms. The van der Waals surface area contributed by atoms with Crippen molar-refractivity contribution < 1.29 is 9.59 Å². The quantitative estimate of drug-likeness (QED) is 0.677. The molecule has 0 saturated heterocycles. The molecule has 2 heterocycles. The van der Waals surface area contributed by atoms with Crippen LogP contribution in [0.15, 0.2) is 54.7 Å². The van der Waals surface area contributed by atoms with E-state index in [1.807, 2.05) is 50.2 Å². The van der Waals surface area contributed by atoms with Crippen molar-refractivity contribution >= 4 is 28.4 Å². The first-order chi connectivity index (χ1) is 14.5. The van der Waals surface area contributed by atoms with Crippen molar-refractivity contribution in [3.8, 4) is 0 Å². The van der Waals surface area contributed by atoms with Crippen LogP contribution in [0.3, 0.4) is 0 Å². The van der Waals surface area contributed by atoms with Gasteiger partial charge in [0.1, 0.15) is 6.04 Å². The Labute approximate surface area is 177 Å². The molecule has 0 aliphatic carbocycles. The molecule has 2 aromatic carbocycles. The van der Waals surface area contributed by atoms with Gasteiger partial charge in [-0.1, -0.05) is 38.1 Å². The van der Waals surface area contributed by atoms with E-state index in [1.54, 1.807) is 4.90 Å². The van der Waals surface area contributed by atoms with Crippen LogP contribution < -0.4 is 5.32 Å². The lowest BCUT2D eigenvalue weighted by Gasteiger charge is -2.36. The topological polar surface area (TPSA) is 54.3 Å². The minimum atomic E-state index is -0.498. The van der Waals surface area contributed by atoms with Gasteiger partial charge in [0.15, 0.2) is 0 Å². The molecule has 1 aliphatic heterocycles. The summed E-state index contributed by atoms with van der Waals surface area (Å²) in [7, 11) is 0. The Kier molecular flexibility index (Phi) is 5.62. The summed E-state index contributed by atoms with van der Waals surface area (Å²) in [5.74, 6) is 0.161. The molecule has 0 saturated carbocycles. The summed E-state index contributed by atoms with van der Waals surface area (Å²) >= 11 is 0. The summed E-state index contributed by atoms with van der Waals surface area (Å²) in [6.07, 6.45) is 3.05. The first-order valence-electron chi connectivity index (χ1n) is 10.7. The third-order valence-electron chi connectivity index (χ3n) is 5.83. The summed E-state index contributed by atoms with van der Waals surface area (Å²) in [6, 6.07) is 15.6. The lowest BCUT2D eigenvalue weighted by Crippen LogP contribution is -2.50. The molecule has 5 heteroatoms. The number of carbonyl (C=O) groups is 2. The normalized spacial score (nSPS) is 16.0. The minimum absolute atomic E-state index is 0.0372. The zero-order valence-electron chi connectivity index (χ0n) is 17.9. The number of rotatable bonds is 5. The maximum absolute atomic E-state index is 13.3. The van der Waals surface area contributed by atoms with Crippen LogP contribution in [0, 0.1) is 5.92 Å². The lowest BCUT2D eigenvalue weighted by molar-refractivity contribution is -0.140. The van der Waals surface area contributed by atoms with Gasteiger partial charge in [0.05, 0.1) is 0 Å². The Balaban J connectivity index is 1.59. The van der Waals surface area contributed by atoms with Gasteiger partial charge in [-0.3, -0.25) is 9.59 Å². The highest BCUT2D eigenvalue weighted by atomic mass is 16.2. The number of nitrogens with one attached hydrogen (secondary N) is 1. The Morgan fingerprint density at radius 2 is 1.87 bits per heavy atom. The molecule has 0 radical (unpaired) electrons. The number of benzene rings is 2. The fourth-order valence-corrected chi connectivity index (χ4v) is 4.27. The van der Waals surface area contributed by atoms with E-state index in [4.69, 9.17) is 0 Å². The Bertz CT molecular complexity index is 1080. The summed E-state index contributed by atoms with van der Waals surface area (Å²) in [6.45, 7) is 7.56. The first kappa shape index (κ1) is 20.2. The van der Waals surface area contributed by atoms with Gasteiger partial charge in [0.25, 0.3) is 0 Å². The molecular weight excluding hydrogens is 374 g/mol. The fourth-order valence-electron chi connectivity index (χ4n) is 4.27. The summed E-state index contributed by atoms with van der Waals surface area (Å²) < 4.78 is 2.17. The van der Waals surface area contributed by atoms with Crippen molar-refractivity contribution in [3.63, 3.8) is 0 Å². The molecule has 30 heavy (non-hydrogen) atoms. The van der Waals surface area contributed by atoms with Gasteiger partial charge in [0.2, 0.25) is 11.8 Å². The van der Waals surface area contributed by atoms with E-state index >= 15 is 0 Å². The van der Waals surface area contributed by atoms with Gasteiger partial charge in [-0.2, -0.15) is 0 Å². The number of nitrogens with zero attached hydrogens (tertiary/aromatic N) is 2. The van der Waals surface area contributed by atoms with Gasteiger partial charge < -0.3 is 14.8 Å². The van der Waals surface area contributed by atoms with Crippen LogP contribution in [0.2, 0.25) is 0 Å². The standard InChI is InChI=1S/C25H29N3O2/c1-4-27-12-11-19-14-21(9-10-22(19)27)26-25(30)23-15-18-7-5-6-8-20(18)16-28(23)24(29)13-17(2)3/h5-12,14,17,23H,4,13,15-16H2,1-3H3,(H,26,30). The largest absolute Gasteiger partial charge is 0.348 e. The van der Waals surface area contributed by atoms with Crippen molar-refractivity contribution in [3.05, 3.63) is 65.9 Å². The Morgan fingerprint density at radius 3 is 2.60 bits per heavy atom. The Hall–Kier alpha value is -3.08. The molecule has 1 atom stereocenters. The highest BCUT2D eigenvalue weighted by Crippen LogP contribution is 2.27. The van der Waals surface area contributed by atoms with Gasteiger partial charge in [-0.15, -0.1) is 0 Å². The van der Waals surface area contributed by atoms with E-state index in [-0.39, 0.29) is 17.7 Å². The monoisotopic (exact) mass is 403 g/mol. The average molecular weight is 404 g/mol. The first-order valence-corrected chi connectivity index (χ1v) is 10.7. The highest BCUT2D eigenvalue weighted by molar-refractivity contribution is 5.99. The molecule has 3 aromatic rings. The summed E-state index contributed by atoms with van der Waals surface area (Å²) in [4.78, 5) is 28.0. The van der Waals surface area contributed by atoms with E-state index in [9.17, 15) is 9.59 Å². The van der Waals surface area contributed by atoms with Crippen molar-refractivity contribution in [1.29, 1.82) is 0 Å². The number of aryl methyl sites for hydroxylation is 1. The van der Waals surface area contributed by atoms with Crippen LogP contribution in [0.5, 0.6) is 0 Å². The van der Waals surface area contributed by atoms with Crippen LogP contribution in [0.4, 0.5) is 5.69 Å². The van der Waals surface area contributed by atoms with Crippen LogP contribution in [0.1, 0.15) is 38.3 Å². The van der Waals surface area contributed by atoms with E-state index < -0.39 is 6.04 Å². The minimum Gasteiger partial charge on any atom is -0.348 e. The summed E-state index contributed by atoms with van der Waals surface area (Å²) in [5.41, 5.74) is 4.18. The van der Waals surface area contributed by atoms with Crippen molar-refractivity contribution in [2.24, 2.45) is 5.92 Å². The van der Waals surface area contributed by atoms with Crippen LogP contribution >= 0.6 is 0 Å². The van der Waals surface area contributed by atoms with Crippen molar-refractivity contribution in [2.75, 3.05) is 5.32 Å². The number of fused-ring (bicyclic) bond motifs is 2. The molecule has 1 aliphatic rings. The molecule has 1 aromatic heterocycles. The third-order valence-corrected chi connectivity index (χ3v) is 5.83. The number of hydrogen-bond acceptors (Lipinski definition) is 2. The lowest BCUT2D eigenvalue weighted by atomic mass is 9.92. The smallest absolute Gasteiger partial charge is 0.247 e. The van der Waals surface area contributed by atoms with Gasteiger partial charge in [-0.05, 0) is 48.2 Å². The maximum Gasteiger partial charge on any atom is 0.247 e. The van der Waals surface area contributed by atoms with Gasteiger partial charge in [0, 0.05) is 48.7 Å². The second-order valence-electron chi connectivity index (χ2n) is 8.47. The molecule has 0 fully saturated rings. The zero-order valence-corrected chi connectivity index (χ0v) is 17.9. The molecule has 156 valence electrons. The fraction of sp³-hybridized carbons (Fsp3) is 0.360. The third kappa shape index (κ3) is 3.97. The average Bonchev–Trinajstić information content (AvgIpc) is 3.14. The van der Waals surface area contributed by atoms with Crippen LogP contribution in [-0.2, 0) is 29.1 Å². The van der Waals surface area contributed by atoms with E-state index in [1.165, 1.54) is 0 Å². The predicted molar refractivity (Wildman–Crippen MR) is 120 cm³/mol. The van der Waals surface area contributed by atoms with Crippen LogP contribution in [-0.4, -0.2) is 27.3 Å². The zero-order chi connectivity index (χ0) is 21.3. The number of anilines is 1. The second-order valence-corrected chi connectivity index (χ2v) is 8.47. The highest BCUT2D eigenvalue weighted by Gasteiger charge is 2.34. The summed E-state index contributed by atoms with van der Waals surface area (Å²) in [5, 5.41) is 4.15. The SMILES string of the molecule is CCn1ccc2cc(NC(=O)C3Cc4ccccc4CN3C(=O)CC(C)C)ccc21. The maximum atomic E-state index is 13.3. The van der Waals surface area contributed by atoms with Crippen molar-refractivity contribution in [1.82, 2.24) is 9.47 Å². The van der Waals surface area contributed by atoms with Crippen molar-refractivity contribution in [2.45, 2.75) is 52.7 Å². The molecule has 1 unspecified atom stereocenters.